The zero-order valence-corrected chi connectivity index (χ0v) is 12.7. The average molecular weight is 264 g/mol. The van der Waals surface area contributed by atoms with E-state index in [0.717, 1.165) is 11.4 Å². The van der Waals surface area contributed by atoms with Crippen molar-refractivity contribution >= 4 is 5.97 Å². The van der Waals surface area contributed by atoms with Crippen LogP contribution in [-0.2, 0) is 16.1 Å². The van der Waals surface area contributed by atoms with Crippen LogP contribution in [0.4, 0.5) is 0 Å². The molecule has 0 N–H and O–H groups in total. The second-order valence-electron chi connectivity index (χ2n) is 5.89. The van der Waals surface area contributed by atoms with Crippen molar-refractivity contribution in [1.29, 1.82) is 0 Å². The highest BCUT2D eigenvalue weighted by molar-refractivity contribution is 5.75. The quantitative estimate of drug-likeness (QED) is 0.784. The summed E-state index contributed by atoms with van der Waals surface area (Å²) in [6, 6.07) is 5.61. The van der Waals surface area contributed by atoms with Crippen LogP contribution in [0.15, 0.2) is 18.2 Å². The number of nitrogens with zero attached hydrogens (tertiary/aromatic N) is 2. The predicted octanol–water partition coefficient (Wildman–Crippen LogP) is 2.55. The summed E-state index contributed by atoms with van der Waals surface area (Å²) < 4.78 is 5.38. The molecule has 106 valence electrons. The minimum absolute atomic E-state index is 0.206. The number of ether oxygens (including phenoxy) is 1. The molecule has 0 saturated heterocycles. The Hall–Kier alpha value is -1.42. The van der Waals surface area contributed by atoms with Crippen molar-refractivity contribution in [1.82, 2.24) is 9.88 Å². The summed E-state index contributed by atoms with van der Waals surface area (Å²) in [4.78, 5) is 18.3. The lowest BCUT2D eigenvalue weighted by Crippen LogP contribution is -2.40. The number of aryl methyl sites for hydroxylation is 1. The van der Waals surface area contributed by atoms with Crippen LogP contribution in [0.1, 0.15) is 39.1 Å². The van der Waals surface area contributed by atoms with Gasteiger partial charge in [-0.15, -0.1) is 0 Å². The van der Waals surface area contributed by atoms with Crippen LogP contribution in [0.25, 0.3) is 0 Å². The standard InChI is InChI=1S/C15H24N2O2/c1-11-8-7-9-13(16-11)10-17(6)12(2)14(18)19-15(3,4)5/h7-9,12H,10H2,1-6H3. The molecule has 0 spiro atoms. The van der Waals surface area contributed by atoms with E-state index in [1.54, 1.807) is 0 Å². The van der Waals surface area contributed by atoms with Crippen molar-refractivity contribution in [3.63, 3.8) is 0 Å². The molecule has 0 fully saturated rings. The van der Waals surface area contributed by atoms with Crippen LogP contribution in [0, 0.1) is 6.92 Å². The van der Waals surface area contributed by atoms with E-state index in [4.69, 9.17) is 4.74 Å². The molecular weight excluding hydrogens is 240 g/mol. The molecule has 1 atom stereocenters. The largest absolute Gasteiger partial charge is 0.459 e. The molecule has 0 bridgehead atoms. The molecule has 1 rings (SSSR count). The van der Waals surface area contributed by atoms with Gasteiger partial charge >= 0.3 is 5.97 Å². The number of hydrogen-bond acceptors (Lipinski definition) is 4. The lowest BCUT2D eigenvalue weighted by atomic mass is 10.2. The van der Waals surface area contributed by atoms with Crippen molar-refractivity contribution in [3.8, 4) is 0 Å². The van der Waals surface area contributed by atoms with Crippen LogP contribution in [0.5, 0.6) is 0 Å². The summed E-state index contributed by atoms with van der Waals surface area (Å²) in [7, 11) is 1.90. The Kier molecular flexibility index (Phi) is 5.06. The summed E-state index contributed by atoms with van der Waals surface area (Å²) in [5.74, 6) is -0.206. The molecule has 0 amide bonds. The first-order chi connectivity index (χ1) is 8.69. The van der Waals surface area contributed by atoms with Crippen molar-refractivity contribution in [2.45, 2.75) is 52.8 Å². The second kappa shape index (κ2) is 6.15. The number of aromatic nitrogens is 1. The SMILES string of the molecule is Cc1cccc(CN(C)C(C)C(=O)OC(C)(C)C)n1. The topological polar surface area (TPSA) is 42.4 Å². The lowest BCUT2D eigenvalue weighted by molar-refractivity contribution is -0.160. The van der Waals surface area contributed by atoms with Gasteiger partial charge in [0.15, 0.2) is 0 Å². The predicted molar refractivity (Wildman–Crippen MR) is 75.7 cm³/mol. The molecule has 0 saturated carbocycles. The van der Waals surface area contributed by atoms with Gasteiger partial charge in [0, 0.05) is 12.2 Å². The maximum absolute atomic E-state index is 12.0. The smallest absolute Gasteiger partial charge is 0.323 e. The fraction of sp³-hybridized carbons (Fsp3) is 0.600. The number of likely N-dealkylation sites (N-methyl/N-ethyl adjacent to an activating group) is 1. The monoisotopic (exact) mass is 264 g/mol. The van der Waals surface area contributed by atoms with E-state index in [-0.39, 0.29) is 12.0 Å². The van der Waals surface area contributed by atoms with Crippen molar-refractivity contribution in [2.24, 2.45) is 0 Å². The zero-order valence-electron chi connectivity index (χ0n) is 12.7. The molecule has 1 aromatic heterocycles. The van der Waals surface area contributed by atoms with Crippen molar-refractivity contribution in [3.05, 3.63) is 29.6 Å². The van der Waals surface area contributed by atoms with Gasteiger partial charge in [0.2, 0.25) is 0 Å². The van der Waals surface area contributed by atoms with Gasteiger partial charge < -0.3 is 4.74 Å². The minimum Gasteiger partial charge on any atom is -0.459 e. The first-order valence-electron chi connectivity index (χ1n) is 6.54. The van der Waals surface area contributed by atoms with Crippen LogP contribution in [-0.4, -0.2) is 34.5 Å². The first kappa shape index (κ1) is 15.6. The van der Waals surface area contributed by atoms with Gasteiger partial charge in [-0.2, -0.15) is 0 Å². The van der Waals surface area contributed by atoms with E-state index in [2.05, 4.69) is 4.98 Å². The molecule has 0 aliphatic carbocycles. The van der Waals surface area contributed by atoms with Gasteiger partial charge in [-0.05, 0) is 53.8 Å². The van der Waals surface area contributed by atoms with E-state index in [1.165, 1.54) is 0 Å². The molecule has 0 aliphatic heterocycles. The highest BCUT2D eigenvalue weighted by Crippen LogP contribution is 2.12. The third kappa shape index (κ3) is 5.39. The normalized spacial score (nSPS) is 13.4. The Morgan fingerprint density at radius 2 is 2.05 bits per heavy atom. The van der Waals surface area contributed by atoms with Crippen LogP contribution >= 0.6 is 0 Å². The summed E-state index contributed by atoms with van der Waals surface area (Å²) in [6.07, 6.45) is 0. The third-order valence-corrected chi connectivity index (χ3v) is 2.77. The van der Waals surface area contributed by atoms with E-state index >= 15 is 0 Å². The second-order valence-corrected chi connectivity index (χ2v) is 5.89. The highest BCUT2D eigenvalue weighted by Gasteiger charge is 2.24. The Morgan fingerprint density at radius 1 is 1.42 bits per heavy atom. The zero-order chi connectivity index (χ0) is 14.6. The Labute approximate surface area is 115 Å². The van der Waals surface area contributed by atoms with Crippen LogP contribution < -0.4 is 0 Å². The van der Waals surface area contributed by atoms with Gasteiger partial charge in [-0.1, -0.05) is 6.07 Å². The fourth-order valence-corrected chi connectivity index (χ4v) is 1.65. The molecular formula is C15H24N2O2. The molecule has 4 heteroatoms. The summed E-state index contributed by atoms with van der Waals surface area (Å²) in [5.41, 5.74) is 1.49. The number of rotatable bonds is 4. The number of hydrogen-bond donors (Lipinski definition) is 0. The molecule has 4 nitrogen and oxygen atoms in total. The van der Waals surface area contributed by atoms with Gasteiger partial charge in [0.25, 0.3) is 0 Å². The van der Waals surface area contributed by atoms with E-state index in [1.807, 2.05) is 64.8 Å². The van der Waals surface area contributed by atoms with E-state index in [0.29, 0.717) is 6.54 Å². The maximum atomic E-state index is 12.0. The molecule has 1 aromatic rings. The number of esters is 1. The van der Waals surface area contributed by atoms with Crippen LogP contribution in [0.3, 0.4) is 0 Å². The Bertz CT molecular complexity index is 438. The van der Waals surface area contributed by atoms with Gasteiger partial charge in [-0.3, -0.25) is 14.7 Å². The minimum atomic E-state index is -0.451. The average Bonchev–Trinajstić information content (AvgIpc) is 2.25. The molecule has 0 radical (unpaired) electrons. The number of carbonyl (C=O) groups is 1. The third-order valence-electron chi connectivity index (χ3n) is 2.77. The van der Waals surface area contributed by atoms with Gasteiger partial charge in [0.1, 0.15) is 11.6 Å². The molecule has 19 heavy (non-hydrogen) atoms. The summed E-state index contributed by atoms with van der Waals surface area (Å²) in [6.45, 7) is 10.1. The Balaban J connectivity index is 2.62. The lowest BCUT2D eigenvalue weighted by Gasteiger charge is -2.27. The Morgan fingerprint density at radius 3 is 2.58 bits per heavy atom. The molecule has 0 aliphatic rings. The molecule has 1 unspecified atom stereocenters. The van der Waals surface area contributed by atoms with Crippen molar-refractivity contribution < 1.29 is 9.53 Å². The van der Waals surface area contributed by atoms with Crippen molar-refractivity contribution in [2.75, 3.05) is 7.05 Å². The van der Waals surface area contributed by atoms with Gasteiger partial charge in [-0.25, -0.2) is 0 Å². The highest BCUT2D eigenvalue weighted by atomic mass is 16.6. The van der Waals surface area contributed by atoms with Crippen LogP contribution in [0.2, 0.25) is 0 Å². The van der Waals surface area contributed by atoms with E-state index in [9.17, 15) is 4.79 Å². The molecule has 0 aromatic carbocycles. The first-order valence-corrected chi connectivity index (χ1v) is 6.54. The number of carbonyl (C=O) groups excluding carboxylic acids is 1. The molecule has 1 heterocycles. The summed E-state index contributed by atoms with van der Waals surface area (Å²) in [5, 5.41) is 0. The summed E-state index contributed by atoms with van der Waals surface area (Å²) >= 11 is 0. The van der Waals surface area contributed by atoms with Gasteiger partial charge in [0.05, 0.1) is 5.69 Å². The van der Waals surface area contributed by atoms with E-state index < -0.39 is 5.60 Å². The maximum Gasteiger partial charge on any atom is 0.323 e. The fourth-order valence-electron chi connectivity index (χ4n) is 1.65. The number of pyridine rings is 1.